The van der Waals surface area contributed by atoms with Gasteiger partial charge in [0.05, 0.1) is 0 Å². The molecule has 0 saturated carbocycles. The number of hydrogen-bond donors (Lipinski definition) is 1. The molecule has 0 spiro atoms. The fourth-order valence-corrected chi connectivity index (χ4v) is 1.67. The van der Waals surface area contributed by atoms with Crippen molar-refractivity contribution in [1.29, 1.82) is 0 Å². The number of thioether (sulfide) groups is 1. The molecule has 1 rings (SSSR count). The highest BCUT2D eigenvalue weighted by molar-refractivity contribution is 7.99. The van der Waals surface area contributed by atoms with E-state index < -0.39 is 5.97 Å². The zero-order chi connectivity index (χ0) is 10.4. The van der Waals surface area contributed by atoms with Crippen molar-refractivity contribution in [3.8, 4) is 0 Å². The van der Waals surface area contributed by atoms with E-state index in [1.165, 1.54) is 4.90 Å². The van der Waals surface area contributed by atoms with E-state index in [0.29, 0.717) is 0 Å². The second-order valence-electron chi connectivity index (χ2n) is 2.67. The summed E-state index contributed by atoms with van der Waals surface area (Å²) < 4.78 is 0. The van der Waals surface area contributed by atoms with Crippen molar-refractivity contribution in [3.05, 3.63) is 35.9 Å². The number of aliphatic carboxylic acids is 1. The Morgan fingerprint density at radius 2 is 2.07 bits per heavy atom. The predicted molar refractivity (Wildman–Crippen MR) is 59.5 cm³/mol. The number of benzene rings is 1. The standard InChI is InChI=1S/C11H12O2S/c1-2-14-10-6-3-9(4-7-10)5-8-11(12)13/h3-8H,2H2,1H3,(H,12,13)/b8-5+. The molecule has 1 aromatic carbocycles. The third-order valence-corrected chi connectivity index (χ3v) is 2.50. The SMILES string of the molecule is CCSc1ccc(/C=C/C(=O)O)cc1. The average molecular weight is 208 g/mol. The third kappa shape index (κ3) is 3.66. The van der Waals surface area contributed by atoms with Gasteiger partial charge in [0.25, 0.3) is 0 Å². The van der Waals surface area contributed by atoms with E-state index in [1.807, 2.05) is 24.3 Å². The number of carbonyl (C=O) groups is 1. The fraction of sp³-hybridized carbons (Fsp3) is 0.182. The normalized spacial score (nSPS) is 10.6. The van der Waals surface area contributed by atoms with E-state index in [1.54, 1.807) is 17.8 Å². The Bertz CT molecular complexity index is 328. The quantitative estimate of drug-likeness (QED) is 0.610. The fourth-order valence-electron chi connectivity index (χ4n) is 1.01. The highest BCUT2D eigenvalue weighted by Gasteiger charge is 1.92. The lowest BCUT2D eigenvalue weighted by Crippen LogP contribution is -1.85. The van der Waals surface area contributed by atoms with E-state index in [4.69, 9.17) is 5.11 Å². The molecule has 0 amide bonds. The molecule has 0 heterocycles. The van der Waals surface area contributed by atoms with Crippen LogP contribution in [0, 0.1) is 0 Å². The minimum Gasteiger partial charge on any atom is -0.478 e. The van der Waals surface area contributed by atoms with Gasteiger partial charge in [0.2, 0.25) is 0 Å². The van der Waals surface area contributed by atoms with Crippen LogP contribution in [0.5, 0.6) is 0 Å². The van der Waals surface area contributed by atoms with E-state index >= 15 is 0 Å². The lowest BCUT2D eigenvalue weighted by Gasteiger charge is -1.98. The molecule has 0 aliphatic carbocycles. The summed E-state index contributed by atoms with van der Waals surface area (Å²) in [6.07, 6.45) is 2.73. The molecule has 2 nitrogen and oxygen atoms in total. The van der Waals surface area contributed by atoms with Crippen molar-refractivity contribution >= 4 is 23.8 Å². The monoisotopic (exact) mass is 208 g/mol. The topological polar surface area (TPSA) is 37.3 Å². The smallest absolute Gasteiger partial charge is 0.328 e. The molecular weight excluding hydrogens is 196 g/mol. The second kappa shape index (κ2) is 5.50. The lowest BCUT2D eigenvalue weighted by molar-refractivity contribution is -0.131. The zero-order valence-electron chi connectivity index (χ0n) is 7.93. The summed E-state index contributed by atoms with van der Waals surface area (Å²) in [6.45, 7) is 2.10. The van der Waals surface area contributed by atoms with Crippen molar-refractivity contribution in [1.82, 2.24) is 0 Å². The van der Waals surface area contributed by atoms with Crippen LogP contribution in [0.1, 0.15) is 12.5 Å². The van der Waals surface area contributed by atoms with Crippen molar-refractivity contribution in [3.63, 3.8) is 0 Å². The van der Waals surface area contributed by atoms with Gasteiger partial charge in [0, 0.05) is 11.0 Å². The van der Waals surface area contributed by atoms with Crippen LogP contribution in [0.3, 0.4) is 0 Å². The first kappa shape index (κ1) is 10.9. The summed E-state index contributed by atoms with van der Waals surface area (Å²) in [5.74, 6) is 0.127. The predicted octanol–water partition coefficient (Wildman–Crippen LogP) is 2.90. The van der Waals surface area contributed by atoms with E-state index in [2.05, 4.69) is 6.92 Å². The van der Waals surface area contributed by atoms with Gasteiger partial charge in [-0.15, -0.1) is 11.8 Å². The largest absolute Gasteiger partial charge is 0.478 e. The summed E-state index contributed by atoms with van der Waals surface area (Å²) in [7, 11) is 0. The van der Waals surface area contributed by atoms with Gasteiger partial charge in [0.15, 0.2) is 0 Å². The summed E-state index contributed by atoms with van der Waals surface area (Å²) in [4.78, 5) is 11.5. The Morgan fingerprint density at radius 1 is 1.43 bits per heavy atom. The molecule has 3 heteroatoms. The first-order valence-corrected chi connectivity index (χ1v) is 5.35. The van der Waals surface area contributed by atoms with Gasteiger partial charge < -0.3 is 5.11 Å². The van der Waals surface area contributed by atoms with Crippen LogP contribution in [0.15, 0.2) is 35.2 Å². The first-order chi connectivity index (χ1) is 6.72. The Labute approximate surface area is 87.6 Å². The van der Waals surface area contributed by atoms with Crippen molar-refractivity contribution in [2.75, 3.05) is 5.75 Å². The Morgan fingerprint density at radius 3 is 2.57 bits per heavy atom. The lowest BCUT2D eigenvalue weighted by atomic mass is 10.2. The number of rotatable bonds is 4. The van der Waals surface area contributed by atoms with E-state index in [0.717, 1.165) is 17.4 Å². The minimum atomic E-state index is -0.919. The zero-order valence-corrected chi connectivity index (χ0v) is 8.75. The first-order valence-electron chi connectivity index (χ1n) is 4.36. The van der Waals surface area contributed by atoms with Crippen LogP contribution in [-0.2, 0) is 4.79 Å². The average Bonchev–Trinajstić information content (AvgIpc) is 2.17. The van der Waals surface area contributed by atoms with Crippen molar-refractivity contribution in [2.24, 2.45) is 0 Å². The Balaban J connectivity index is 2.68. The minimum absolute atomic E-state index is 0.910. The van der Waals surface area contributed by atoms with Gasteiger partial charge in [-0.3, -0.25) is 0 Å². The van der Waals surface area contributed by atoms with Crippen molar-refractivity contribution in [2.45, 2.75) is 11.8 Å². The molecule has 0 aromatic heterocycles. The van der Waals surface area contributed by atoms with Crippen LogP contribution in [0.25, 0.3) is 6.08 Å². The van der Waals surface area contributed by atoms with Crippen LogP contribution in [-0.4, -0.2) is 16.8 Å². The Hall–Kier alpha value is -1.22. The number of hydrogen-bond acceptors (Lipinski definition) is 2. The van der Waals surface area contributed by atoms with Crippen LogP contribution >= 0.6 is 11.8 Å². The molecule has 0 atom stereocenters. The molecule has 0 aliphatic rings. The molecule has 0 aliphatic heterocycles. The van der Waals surface area contributed by atoms with Crippen molar-refractivity contribution < 1.29 is 9.90 Å². The van der Waals surface area contributed by atoms with Gasteiger partial charge in [-0.05, 0) is 29.5 Å². The van der Waals surface area contributed by atoms with Gasteiger partial charge in [-0.25, -0.2) is 4.79 Å². The summed E-state index contributed by atoms with van der Waals surface area (Å²) in [5.41, 5.74) is 0.910. The molecular formula is C11H12O2S. The maximum Gasteiger partial charge on any atom is 0.328 e. The molecule has 0 saturated heterocycles. The number of carboxylic acid groups (broad SMARTS) is 1. The molecule has 0 unspecified atom stereocenters. The van der Waals surface area contributed by atoms with E-state index in [9.17, 15) is 4.79 Å². The molecule has 1 N–H and O–H groups in total. The van der Waals surface area contributed by atoms with Crippen LogP contribution in [0.4, 0.5) is 0 Å². The van der Waals surface area contributed by atoms with Gasteiger partial charge in [0.1, 0.15) is 0 Å². The second-order valence-corrected chi connectivity index (χ2v) is 4.01. The number of carboxylic acids is 1. The summed E-state index contributed by atoms with van der Waals surface area (Å²) in [6, 6.07) is 7.82. The van der Waals surface area contributed by atoms with Crippen LogP contribution in [0.2, 0.25) is 0 Å². The molecule has 0 fully saturated rings. The molecule has 0 bridgehead atoms. The van der Waals surface area contributed by atoms with Gasteiger partial charge in [-0.1, -0.05) is 19.1 Å². The van der Waals surface area contributed by atoms with Gasteiger partial charge >= 0.3 is 5.97 Å². The summed E-state index contributed by atoms with van der Waals surface area (Å²) in [5, 5.41) is 8.42. The molecule has 14 heavy (non-hydrogen) atoms. The molecule has 74 valence electrons. The molecule has 0 radical (unpaired) electrons. The summed E-state index contributed by atoms with van der Waals surface area (Å²) >= 11 is 1.77. The maximum absolute atomic E-state index is 10.3. The molecule has 1 aromatic rings. The highest BCUT2D eigenvalue weighted by Crippen LogP contribution is 2.18. The third-order valence-electron chi connectivity index (χ3n) is 1.61. The highest BCUT2D eigenvalue weighted by atomic mass is 32.2. The Kier molecular flexibility index (Phi) is 4.26. The maximum atomic E-state index is 10.3. The van der Waals surface area contributed by atoms with Gasteiger partial charge in [-0.2, -0.15) is 0 Å². The van der Waals surface area contributed by atoms with Crippen LogP contribution < -0.4 is 0 Å². The van der Waals surface area contributed by atoms with E-state index in [-0.39, 0.29) is 0 Å².